The molecule has 0 radical (unpaired) electrons. The first-order valence-electron chi connectivity index (χ1n) is 4.20. The van der Waals surface area contributed by atoms with E-state index in [1.165, 1.54) is 0 Å². The van der Waals surface area contributed by atoms with Gasteiger partial charge in [-0.25, -0.2) is 8.42 Å². The lowest BCUT2D eigenvalue weighted by Gasteiger charge is -2.39. The molecule has 0 bridgehead atoms. The Morgan fingerprint density at radius 3 is 2.17 bits per heavy atom. The summed E-state index contributed by atoms with van der Waals surface area (Å²) >= 11 is 0. The second-order valence-electron chi connectivity index (χ2n) is 3.38. The topological polar surface area (TPSA) is 46.6 Å². The van der Waals surface area contributed by atoms with Crippen molar-refractivity contribution in [1.29, 1.82) is 0 Å². The fourth-order valence-electron chi connectivity index (χ4n) is 1.53. The maximum atomic E-state index is 11.1. The molecule has 0 aromatic rings. The van der Waals surface area contributed by atoms with Crippen molar-refractivity contribution in [2.75, 3.05) is 37.8 Å². The lowest BCUT2D eigenvalue weighted by molar-refractivity contribution is -0.0619. The van der Waals surface area contributed by atoms with Crippen LogP contribution in [0.1, 0.15) is 0 Å². The molecule has 2 saturated heterocycles. The van der Waals surface area contributed by atoms with E-state index < -0.39 is 9.84 Å². The van der Waals surface area contributed by atoms with E-state index in [0.29, 0.717) is 30.6 Å². The van der Waals surface area contributed by atoms with E-state index in [0.717, 1.165) is 13.2 Å². The van der Waals surface area contributed by atoms with Gasteiger partial charge in [-0.05, 0) is 0 Å². The number of hydrogen-bond donors (Lipinski definition) is 0. The Hall–Kier alpha value is -0.130. The van der Waals surface area contributed by atoms with Crippen LogP contribution in [0.3, 0.4) is 0 Å². The number of nitrogens with zero attached hydrogens (tertiary/aromatic N) is 1. The van der Waals surface area contributed by atoms with E-state index in [4.69, 9.17) is 4.74 Å². The zero-order valence-electron chi connectivity index (χ0n) is 6.90. The fourth-order valence-corrected chi connectivity index (χ4v) is 2.76. The first-order chi connectivity index (χ1) is 5.67. The van der Waals surface area contributed by atoms with Gasteiger partial charge in [0.05, 0.1) is 30.8 Å². The molecule has 0 unspecified atom stereocenters. The quantitative estimate of drug-likeness (QED) is 0.540. The van der Waals surface area contributed by atoms with E-state index in [-0.39, 0.29) is 0 Å². The lowest BCUT2D eigenvalue weighted by atomic mass is 10.2. The number of ether oxygens (including phenoxy) is 1. The van der Waals surface area contributed by atoms with Crippen molar-refractivity contribution in [3.8, 4) is 0 Å². The van der Waals surface area contributed by atoms with Crippen LogP contribution in [0.15, 0.2) is 0 Å². The SMILES string of the molecule is O=S1(=O)CCN(C2COC2)CC1. The molecule has 0 atom stereocenters. The van der Waals surface area contributed by atoms with Crippen LogP contribution >= 0.6 is 0 Å². The van der Waals surface area contributed by atoms with Crippen LogP contribution in [0.5, 0.6) is 0 Å². The molecule has 5 heteroatoms. The molecular formula is C7H13NO3S. The standard InChI is InChI=1S/C7H13NO3S/c9-12(10)3-1-8(2-4-12)7-5-11-6-7/h7H,1-6H2. The third-order valence-electron chi connectivity index (χ3n) is 2.52. The Labute approximate surface area is 72.4 Å². The molecule has 0 aromatic carbocycles. The summed E-state index contributed by atoms with van der Waals surface area (Å²) in [5.74, 6) is 0.646. The molecule has 2 aliphatic rings. The first-order valence-corrected chi connectivity index (χ1v) is 6.02. The Morgan fingerprint density at radius 2 is 1.75 bits per heavy atom. The lowest BCUT2D eigenvalue weighted by Crippen LogP contribution is -2.54. The molecule has 0 amide bonds. The van der Waals surface area contributed by atoms with E-state index in [1.807, 2.05) is 0 Å². The predicted octanol–water partition coefficient (Wildman–Crippen LogP) is -0.884. The van der Waals surface area contributed by atoms with Crippen LogP contribution in [0, 0.1) is 0 Å². The Morgan fingerprint density at radius 1 is 1.17 bits per heavy atom. The van der Waals surface area contributed by atoms with Gasteiger partial charge in [0.15, 0.2) is 9.84 Å². The maximum absolute atomic E-state index is 11.1. The predicted molar refractivity (Wildman–Crippen MR) is 44.8 cm³/mol. The highest BCUT2D eigenvalue weighted by Gasteiger charge is 2.30. The molecule has 2 heterocycles. The van der Waals surface area contributed by atoms with Gasteiger partial charge in [0.1, 0.15) is 0 Å². The molecule has 12 heavy (non-hydrogen) atoms. The molecule has 0 N–H and O–H groups in total. The highest BCUT2D eigenvalue weighted by Crippen LogP contribution is 2.13. The fraction of sp³-hybridized carbons (Fsp3) is 1.00. The van der Waals surface area contributed by atoms with Crippen LogP contribution in [-0.4, -0.2) is 57.2 Å². The Kier molecular flexibility index (Phi) is 2.10. The minimum atomic E-state index is -2.72. The summed E-state index contributed by atoms with van der Waals surface area (Å²) in [6, 6.07) is 0.487. The number of rotatable bonds is 1. The molecule has 0 saturated carbocycles. The molecule has 2 aliphatic heterocycles. The molecule has 2 fully saturated rings. The highest BCUT2D eigenvalue weighted by atomic mass is 32.2. The molecule has 0 aromatic heterocycles. The molecular weight excluding hydrogens is 178 g/mol. The molecule has 2 rings (SSSR count). The average molecular weight is 191 g/mol. The third kappa shape index (κ3) is 1.62. The smallest absolute Gasteiger partial charge is 0.152 e. The van der Waals surface area contributed by atoms with Gasteiger partial charge in [0, 0.05) is 13.1 Å². The molecule has 4 nitrogen and oxygen atoms in total. The second-order valence-corrected chi connectivity index (χ2v) is 5.68. The van der Waals surface area contributed by atoms with E-state index in [2.05, 4.69) is 4.90 Å². The van der Waals surface area contributed by atoms with Gasteiger partial charge >= 0.3 is 0 Å². The van der Waals surface area contributed by atoms with Gasteiger partial charge in [-0.3, -0.25) is 4.90 Å². The highest BCUT2D eigenvalue weighted by molar-refractivity contribution is 7.91. The minimum absolute atomic E-state index is 0.323. The van der Waals surface area contributed by atoms with Crippen molar-refractivity contribution in [3.63, 3.8) is 0 Å². The molecule has 70 valence electrons. The second kappa shape index (κ2) is 2.97. The summed E-state index contributed by atoms with van der Waals surface area (Å²) in [7, 11) is -2.72. The van der Waals surface area contributed by atoms with E-state index in [9.17, 15) is 8.42 Å². The number of hydrogen-bond acceptors (Lipinski definition) is 4. The van der Waals surface area contributed by atoms with Crippen LogP contribution in [-0.2, 0) is 14.6 Å². The molecule has 0 aliphatic carbocycles. The normalized spacial score (nSPS) is 31.3. The third-order valence-corrected chi connectivity index (χ3v) is 4.13. The summed E-state index contributed by atoms with van der Waals surface area (Å²) in [6.45, 7) is 2.94. The summed E-state index contributed by atoms with van der Waals surface area (Å²) in [4.78, 5) is 2.21. The van der Waals surface area contributed by atoms with Gasteiger partial charge in [0.25, 0.3) is 0 Å². The van der Waals surface area contributed by atoms with E-state index in [1.54, 1.807) is 0 Å². The van der Waals surface area contributed by atoms with Crippen molar-refractivity contribution >= 4 is 9.84 Å². The van der Waals surface area contributed by atoms with Gasteiger partial charge < -0.3 is 4.74 Å². The van der Waals surface area contributed by atoms with Crippen LogP contribution in [0.2, 0.25) is 0 Å². The van der Waals surface area contributed by atoms with Crippen molar-refractivity contribution in [2.24, 2.45) is 0 Å². The van der Waals surface area contributed by atoms with Gasteiger partial charge in [-0.15, -0.1) is 0 Å². The van der Waals surface area contributed by atoms with Crippen LogP contribution in [0.25, 0.3) is 0 Å². The van der Waals surface area contributed by atoms with Crippen LogP contribution < -0.4 is 0 Å². The first kappa shape index (κ1) is 8.47. The van der Waals surface area contributed by atoms with Gasteiger partial charge in [-0.2, -0.15) is 0 Å². The largest absolute Gasteiger partial charge is 0.378 e. The average Bonchev–Trinajstić information content (AvgIpc) is 1.89. The summed E-state index contributed by atoms with van der Waals surface area (Å²) in [5.41, 5.74) is 0. The minimum Gasteiger partial charge on any atom is -0.378 e. The monoisotopic (exact) mass is 191 g/mol. The summed E-state index contributed by atoms with van der Waals surface area (Å²) < 4.78 is 27.2. The zero-order valence-corrected chi connectivity index (χ0v) is 7.72. The maximum Gasteiger partial charge on any atom is 0.152 e. The Bertz CT molecular complexity index is 244. The van der Waals surface area contributed by atoms with Crippen molar-refractivity contribution in [2.45, 2.75) is 6.04 Å². The van der Waals surface area contributed by atoms with Crippen LogP contribution in [0.4, 0.5) is 0 Å². The summed E-state index contributed by atoms with van der Waals surface area (Å²) in [5, 5.41) is 0. The Balaban J connectivity index is 1.89. The van der Waals surface area contributed by atoms with Crippen molar-refractivity contribution < 1.29 is 13.2 Å². The van der Waals surface area contributed by atoms with Crippen molar-refractivity contribution in [1.82, 2.24) is 4.90 Å². The summed E-state index contributed by atoms with van der Waals surface area (Å²) in [6.07, 6.45) is 0. The van der Waals surface area contributed by atoms with E-state index >= 15 is 0 Å². The van der Waals surface area contributed by atoms with Gasteiger partial charge in [-0.1, -0.05) is 0 Å². The van der Waals surface area contributed by atoms with Gasteiger partial charge in [0.2, 0.25) is 0 Å². The zero-order chi connectivity index (χ0) is 8.60. The number of sulfone groups is 1. The van der Waals surface area contributed by atoms with Crippen molar-refractivity contribution in [3.05, 3.63) is 0 Å². The molecule has 0 spiro atoms.